The van der Waals surface area contributed by atoms with Crippen molar-refractivity contribution < 1.29 is 9.59 Å². The number of Topliss-reactive ketones (excluding diaryl/α,β-unsaturated/α-hetero) is 2. The van der Waals surface area contributed by atoms with Crippen molar-refractivity contribution in [1.29, 1.82) is 0 Å². The number of hydrogen-bond donors (Lipinski definition) is 0. The molecule has 0 aromatic heterocycles. The molecule has 2 aromatic carbocycles. The standard InChI is InChI=1S/C16H14BClO2/c17-12-7-5-11(6-8-12)15(19)9-10-16(20)13-3-1-2-4-14(13)18/h1-8H,9-10,17H2. The quantitative estimate of drug-likeness (QED) is 0.624. The predicted molar refractivity (Wildman–Crippen MR) is 84.0 cm³/mol. The molecule has 0 aliphatic heterocycles. The summed E-state index contributed by atoms with van der Waals surface area (Å²) in [5, 5.41) is 0.431. The molecule has 0 radical (unpaired) electrons. The van der Waals surface area contributed by atoms with E-state index in [0.29, 0.717) is 16.1 Å². The summed E-state index contributed by atoms with van der Waals surface area (Å²) in [5.41, 5.74) is 2.22. The molecular formula is C16H14BClO2. The van der Waals surface area contributed by atoms with Crippen LogP contribution in [0.3, 0.4) is 0 Å². The third-order valence-electron chi connectivity index (χ3n) is 3.13. The van der Waals surface area contributed by atoms with Crippen LogP contribution in [-0.2, 0) is 0 Å². The number of rotatable bonds is 5. The lowest BCUT2D eigenvalue weighted by atomic mass is 9.93. The van der Waals surface area contributed by atoms with Gasteiger partial charge in [-0.25, -0.2) is 0 Å². The van der Waals surface area contributed by atoms with Crippen molar-refractivity contribution in [3.8, 4) is 0 Å². The molecule has 0 saturated carbocycles. The van der Waals surface area contributed by atoms with Crippen LogP contribution in [0.1, 0.15) is 33.6 Å². The Morgan fingerprint density at radius 2 is 1.50 bits per heavy atom. The largest absolute Gasteiger partial charge is 0.294 e. The van der Waals surface area contributed by atoms with Crippen molar-refractivity contribution >= 4 is 36.5 Å². The van der Waals surface area contributed by atoms with E-state index in [1.54, 1.807) is 36.4 Å². The zero-order valence-electron chi connectivity index (χ0n) is 11.2. The van der Waals surface area contributed by atoms with Gasteiger partial charge in [-0.3, -0.25) is 9.59 Å². The van der Waals surface area contributed by atoms with E-state index in [-0.39, 0.29) is 24.4 Å². The first-order chi connectivity index (χ1) is 9.58. The van der Waals surface area contributed by atoms with Gasteiger partial charge in [-0.2, -0.15) is 0 Å². The topological polar surface area (TPSA) is 34.1 Å². The molecular weight excluding hydrogens is 270 g/mol. The highest BCUT2D eigenvalue weighted by molar-refractivity contribution is 6.34. The summed E-state index contributed by atoms with van der Waals surface area (Å²) in [5.74, 6) is -0.124. The Kier molecular flexibility index (Phi) is 4.75. The van der Waals surface area contributed by atoms with Gasteiger partial charge in [0.1, 0.15) is 7.85 Å². The highest BCUT2D eigenvalue weighted by atomic mass is 35.5. The first kappa shape index (κ1) is 14.5. The van der Waals surface area contributed by atoms with Gasteiger partial charge in [-0.15, -0.1) is 0 Å². The summed E-state index contributed by atoms with van der Waals surface area (Å²) >= 11 is 5.96. The molecule has 0 amide bonds. The number of benzene rings is 2. The maximum Gasteiger partial charge on any atom is 0.164 e. The minimum absolute atomic E-state index is 0.0228. The third-order valence-corrected chi connectivity index (χ3v) is 3.46. The SMILES string of the molecule is Bc1ccc(C(=O)CCC(=O)c2ccccc2Cl)cc1. The lowest BCUT2D eigenvalue weighted by Crippen LogP contribution is -2.07. The number of hydrogen-bond acceptors (Lipinski definition) is 2. The van der Waals surface area contributed by atoms with Crippen LogP contribution in [0.25, 0.3) is 0 Å². The molecule has 20 heavy (non-hydrogen) atoms. The molecule has 0 spiro atoms. The van der Waals surface area contributed by atoms with Crippen molar-refractivity contribution in [2.45, 2.75) is 12.8 Å². The zero-order chi connectivity index (χ0) is 14.5. The van der Waals surface area contributed by atoms with Crippen LogP contribution in [0, 0.1) is 0 Å². The number of carbonyl (C=O) groups excluding carboxylic acids is 2. The number of halogens is 1. The number of carbonyl (C=O) groups is 2. The van der Waals surface area contributed by atoms with Crippen LogP contribution in [0.5, 0.6) is 0 Å². The highest BCUT2D eigenvalue weighted by Crippen LogP contribution is 2.18. The molecule has 0 atom stereocenters. The second-order valence-electron chi connectivity index (χ2n) is 4.69. The average molecular weight is 285 g/mol. The Morgan fingerprint density at radius 3 is 2.15 bits per heavy atom. The Morgan fingerprint density at radius 1 is 0.900 bits per heavy atom. The summed E-state index contributed by atoms with van der Waals surface area (Å²) in [6.45, 7) is 0. The summed E-state index contributed by atoms with van der Waals surface area (Å²) in [6.07, 6.45) is 0.379. The van der Waals surface area contributed by atoms with Crippen LogP contribution in [0.15, 0.2) is 48.5 Å². The third kappa shape index (κ3) is 3.58. The number of ketones is 2. The van der Waals surface area contributed by atoms with Gasteiger partial charge in [0, 0.05) is 24.0 Å². The van der Waals surface area contributed by atoms with E-state index >= 15 is 0 Å². The van der Waals surface area contributed by atoms with E-state index in [1.165, 1.54) is 0 Å². The van der Waals surface area contributed by atoms with Gasteiger partial charge in [-0.1, -0.05) is 53.5 Å². The fraction of sp³-hybridized carbons (Fsp3) is 0.125. The monoisotopic (exact) mass is 284 g/mol. The lowest BCUT2D eigenvalue weighted by Gasteiger charge is -2.04. The van der Waals surface area contributed by atoms with Crippen LogP contribution >= 0.6 is 11.6 Å². The van der Waals surface area contributed by atoms with Crippen LogP contribution in [0.2, 0.25) is 5.02 Å². The molecule has 0 saturated heterocycles. The molecule has 4 heteroatoms. The average Bonchev–Trinajstić information content (AvgIpc) is 2.45. The van der Waals surface area contributed by atoms with Gasteiger partial charge < -0.3 is 0 Å². The minimum atomic E-state index is -0.101. The molecule has 0 N–H and O–H groups in total. The van der Waals surface area contributed by atoms with Crippen molar-refractivity contribution in [2.75, 3.05) is 0 Å². The van der Waals surface area contributed by atoms with Gasteiger partial charge >= 0.3 is 0 Å². The molecule has 0 aliphatic carbocycles. The van der Waals surface area contributed by atoms with Crippen molar-refractivity contribution in [3.63, 3.8) is 0 Å². The van der Waals surface area contributed by atoms with E-state index < -0.39 is 0 Å². The first-order valence-electron chi connectivity index (χ1n) is 6.45. The molecule has 100 valence electrons. The second-order valence-corrected chi connectivity index (χ2v) is 5.10. The molecule has 0 aliphatic rings. The Labute approximate surface area is 124 Å². The van der Waals surface area contributed by atoms with E-state index in [4.69, 9.17) is 11.6 Å². The fourth-order valence-electron chi connectivity index (χ4n) is 1.93. The predicted octanol–water partition coefficient (Wildman–Crippen LogP) is 2.44. The van der Waals surface area contributed by atoms with Gasteiger partial charge in [0.2, 0.25) is 0 Å². The summed E-state index contributed by atoms with van der Waals surface area (Å²) in [6, 6.07) is 14.3. The molecule has 2 nitrogen and oxygen atoms in total. The second kappa shape index (κ2) is 6.53. The van der Waals surface area contributed by atoms with Gasteiger partial charge in [0.05, 0.1) is 5.02 Å². The molecule has 2 aromatic rings. The van der Waals surface area contributed by atoms with E-state index in [1.807, 2.05) is 20.0 Å². The lowest BCUT2D eigenvalue weighted by molar-refractivity contribution is 0.0917. The fourth-order valence-corrected chi connectivity index (χ4v) is 2.17. The molecule has 0 fully saturated rings. The summed E-state index contributed by atoms with van der Waals surface area (Å²) in [7, 11) is 1.97. The zero-order valence-corrected chi connectivity index (χ0v) is 12.0. The molecule has 0 heterocycles. The smallest absolute Gasteiger partial charge is 0.164 e. The van der Waals surface area contributed by atoms with Crippen LogP contribution < -0.4 is 5.46 Å². The Hall–Kier alpha value is -1.87. The Bertz CT molecular complexity index is 635. The van der Waals surface area contributed by atoms with Crippen LogP contribution in [0.4, 0.5) is 0 Å². The molecule has 2 rings (SSSR count). The van der Waals surface area contributed by atoms with Gasteiger partial charge in [-0.05, 0) is 12.1 Å². The molecule has 0 bridgehead atoms. The van der Waals surface area contributed by atoms with Crippen molar-refractivity contribution in [1.82, 2.24) is 0 Å². The Balaban J connectivity index is 1.99. The maximum atomic E-state index is 12.0. The van der Waals surface area contributed by atoms with E-state index in [0.717, 1.165) is 5.46 Å². The van der Waals surface area contributed by atoms with Gasteiger partial charge in [0.25, 0.3) is 0 Å². The normalized spacial score (nSPS) is 10.2. The van der Waals surface area contributed by atoms with E-state index in [2.05, 4.69) is 0 Å². The first-order valence-corrected chi connectivity index (χ1v) is 6.83. The van der Waals surface area contributed by atoms with Gasteiger partial charge in [0.15, 0.2) is 11.6 Å². The molecule has 0 unspecified atom stereocenters. The van der Waals surface area contributed by atoms with Crippen LogP contribution in [-0.4, -0.2) is 19.4 Å². The highest BCUT2D eigenvalue weighted by Gasteiger charge is 2.13. The maximum absolute atomic E-state index is 12.0. The van der Waals surface area contributed by atoms with Crippen molar-refractivity contribution in [3.05, 3.63) is 64.7 Å². The summed E-state index contributed by atoms with van der Waals surface area (Å²) in [4.78, 5) is 24.0. The summed E-state index contributed by atoms with van der Waals surface area (Å²) < 4.78 is 0. The van der Waals surface area contributed by atoms with Crippen molar-refractivity contribution in [2.24, 2.45) is 0 Å². The van der Waals surface area contributed by atoms with E-state index in [9.17, 15) is 9.59 Å². The minimum Gasteiger partial charge on any atom is -0.294 e.